The van der Waals surface area contributed by atoms with Crippen LogP contribution in [0.25, 0.3) is 0 Å². The van der Waals surface area contributed by atoms with Crippen molar-refractivity contribution in [2.75, 3.05) is 13.7 Å². The average Bonchev–Trinajstić information content (AvgIpc) is 3.02. The summed E-state index contributed by atoms with van der Waals surface area (Å²) in [5, 5.41) is 7.69. The van der Waals surface area contributed by atoms with E-state index >= 15 is 0 Å². The van der Waals surface area contributed by atoms with Crippen LogP contribution in [0.15, 0.2) is 6.33 Å². The molecule has 1 fully saturated rings. The normalized spacial score (nSPS) is 15.6. The van der Waals surface area contributed by atoms with Gasteiger partial charge < -0.3 is 10.1 Å². The second-order valence-corrected chi connectivity index (χ2v) is 4.25. The Hall–Kier alpha value is -0.940. The van der Waals surface area contributed by atoms with Crippen LogP contribution in [-0.2, 0) is 17.8 Å². The Morgan fingerprint density at radius 3 is 3.12 bits per heavy atom. The molecular weight excluding hydrogens is 204 g/mol. The van der Waals surface area contributed by atoms with Crippen molar-refractivity contribution in [1.29, 1.82) is 0 Å². The van der Waals surface area contributed by atoms with Crippen molar-refractivity contribution in [2.45, 2.75) is 44.8 Å². The minimum Gasteiger partial charge on any atom is -0.385 e. The Bertz CT molecular complexity index is 309. The molecule has 0 bridgehead atoms. The Morgan fingerprint density at radius 1 is 1.50 bits per heavy atom. The quantitative estimate of drug-likeness (QED) is 0.668. The number of nitrogens with zero attached hydrogens (tertiary/aromatic N) is 3. The molecule has 1 aliphatic rings. The van der Waals surface area contributed by atoms with E-state index in [0.29, 0.717) is 0 Å². The van der Waals surface area contributed by atoms with Crippen LogP contribution in [0.4, 0.5) is 0 Å². The number of nitrogens with one attached hydrogen (secondary N) is 1. The van der Waals surface area contributed by atoms with Crippen LogP contribution in [0.1, 0.15) is 31.5 Å². The summed E-state index contributed by atoms with van der Waals surface area (Å²) in [5.74, 6) is 1.05. The number of aromatic nitrogens is 3. The van der Waals surface area contributed by atoms with Crippen LogP contribution in [-0.4, -0.2) is 34.5 Å². The van der Waals surface area contributed by atoms with Gasteiger partial charge in [0.25, 0.3) is 0 Å². The molecule has 0 spiro atoms. The fourth-order valence-corrected chi connectivity index (χ4v) is 1.64. The van der Waals surface area contributed by atoms with Crippen molar-refractivity contribution in [3.8, 4) is 0 Å². The van der Waals surface area contributed by atoms with Crippen molar-refractivity contribution >= 4 is 0 Å². The smallest absolute Gasteiger partial charge is 0.140 e. The molecule has 1 aromatic heterocycles. The molecule has 0 unspecified atom stereocenters. The molecule has 1 aromatic rings. The van der Waals surface area contributed by atoms with Crippen LogP contribution >= 0.6 is 0 Å². The maximum absolute atomic E-state index is 5.02. The largest absolute Gasteiger partial charge is 0.385 e. The summed E-state index contributed by atoms with van der Waals surface area (Å²) in [5.41, 5.74) is 0. The molecule has 5 nitrogen and oxygen atoms in total. The molecular formula is C11H20N4O. The van der Waals surface area contributed by atoms with Gasteiger partial charge in [0.05, 0.1) is 6.54 Å². The van der Waals surface area contributed by atoms with E-state index < -0.39 is 0 Å². The predicted octanol–water partition coefficient (Wildman–Crippen LogP) is 0.957. The Labute approximate surface area is 96.2 Å². The minimum atomic E-state index is 0.721. The van der Waals surface area contributed by atoms with Crippen molar-refractivity contribution in [3.05, 3.63) is 12.2 Å². The van der Waals surface area contributed by atoms with E-state index in [1.54, 1.807) is 13.4 Å². The molecule has 0 saturated heterocycles. The summed E-state index contributed by atoms with van der Waals surface area (Å²) < 4.78 is 7.01. The van der Waals surface area contributed by atoms with Crippen molar-refractivity contribution in [2.24, 2.45) is 0 Å². The van der Waals surface area contributed by atoms with E-state index in [1.165, 1.54) is 12.8 Å². The van der Waals surface area contributed by atoms with E-state index in [9.17, 15) is 0 Å². The first-order valence-corrected chi connectivity index (χ1v) is 5.99. The van der Waals surface area contributed by atoms with Crippen molar-refractivity contribution in [3.63, 3.8) is 0 Å². The van der Waals surface area contributed by atoms with Crippen molar-refractivity contribution in [1.82, 2.24) is 20.1 Å². The molecule has 1 N–H and O–H groups in total. The lowest BCUT2D eigenvalue weighted by molar-refractivity contribution is 0.190. The highest BCUT2D eigenvalue weighted by molar-refractivity contribution is 4.88. The summed E-state index contributed by atoms with van der Waals surface area (Å²) in [6, 6.07) is 0.721. The molecule has 2 rings (SSSR count). The number of aryl methyl sites for hydroxylation is 1. The summed E-state index contributed by atoms with van der Waals surface area (Å²) in [6.07, 6.45) is 6.42. The monoisotopic (exact) mass is 224 g/mol. The number of rotatable bonds is 8. The van der Waals surface area contributed by atoms with E-state index in [-0.39, 0.29) is 0 Å². The highest BCUT2D eigenvalue weighted by Crippen LogP contribution is 2.18. The Balaban J connectivity index is 1.71. The van der Waals surface area contributed by atoms with Gasteiger partial charge in [-0.25, -0.2) is 9.67 Å². The van der Waals surface area contributed by atoms with Crippen LogP contribution < -0.4 is 5.32 Å². The van der Waals surface area contributed by atoms with Gasteiger partial charge in [0.2, 0.25) is 0 Å². The maximum atomic E-state index is 5.02. The highest BCUT2D eigenvalue weighted by Gasteiger charge is 2.20. The molecule has 0 aliphatic heterocycles. The SMILES string of the molecule is COCCCCn1ncnc1CNC1CC1. The third kappa shape index (κ3) is 3.57. The zero-order valence-corrected chi connectivity index (χ0v) is 9.85. The van der Waals surface area contributed by atoms with E-state index in [2.05, 4.69) is 15.4 Å². The number of unbranched alkanes of at least 4 members (excludes halogenated alkanes) is 1. The summed E-state index contributed by atoms with van der Waals surface area (Å²) >= 11 is 0. The number of methoxy groups -OCH3 is 1. The summed E-state index contributed by atoms with van der Waals surface area (Å²) in [7, 11) is 1.74. The molecule has 90 valence electrons. The van der Waals surface area contributed by atoms with Gasteiger partial charge in [-0.2, -0.15) is 5.10 Å². The molecule has 0 atom stereocenters. The average molecular weight is 224 g/mol. The van der Waals surface area contributed by atoms with Gasteiger partial charge in [0.15, 0.2) is 0 Å². The molecule has 0 radical (unpaired) electrons. The third-order valence-corrected chi connectivity index (χ3v) is 2.79. The number of hydrogen-bond donors (Lipinski definition) is 1. The van der Waals surface area contributed by atoms with E-state index in [4.69, 9.17) is 4.74 Å². The van der Waals surface area contributed by atoms with Crippen LogP contribution in [0.3, 0.4) is 0 Å². The second kappa shape index (κ2) is 5.96. The van der Waals surface area contributed by atoms with Crippen LogP contribution in [0, 0.1) is 0 Å². The van der Waals surface area contributed by atoms with Gasteiger partial charge in [-0.15, -0.1) is 0 Å². The molecule has 1 saturated carbocycles. The second-order valence-electron chi connectivity index (χ2n) is 4.25. The van der Waals surface area contributed by atoms with Gasteiger partial charge >= 0.3 is 0 Å². The first kappa shape index (κ1) is 11.5. The van der Waals surface area contributed by atoms with Crippen LogP contribution in [0.5, 0.6) is 0 Å². The topological polar surface area (TPSA) is 52.0 Å². The zero-order chi connectivity index (χ0) is 11.2. The first-order chi connectivity index (χ1) is 7.90. The Kier molecular flexibility index (Phi) is 4.30. The van der Waals surface area contributed by atoms with Gasteiger partial charge in [-0.05, 0) is 25.7 Å². The minimum absolute atomic E-state index is 0.721. The third-order valence-electron chi connectivity index (χ3n) is 2.79. The lowest BCUT2D eigenvalue weighted by atomic mass is 10.3. The van der Waals surface area contributed by atoms with E-state index in [1.807, 2.05) is 4.68 Å². The maximum Gasteiger partial charge on any atom is 0.140 e. The zero-order valence-electron chi connectivity index (χ0n) is 9.85. The van der Waals surface area contributed by atoms with Gasteiger partial charge in [0, 0.05) is 26.3 Å². The molecule has 1 aliphatic carbocycles. The molecule has 16 heavy (non-hydrogen) atoms. The Morgan fingerprint density at radius 2 is 2.38 bits per heavy atom. The first-order valence-electron chi connectivity index (χ1n) is 5.99. The van der Waals surface area contributed by atoms with E-state index in [0.717, 1.165) is 44.4 Å². The molecule has 5 heteroatoms. The molecule has 0 amide bonds. The molecule has 0 aromatic carbocycles. The van der Waals surface area contributed by atoms with Gasteiger partial charge in [-0.3, -0.25) is 0 Å². The fraction of sp³-hybridized carbons (Fsp3) is 0.818. The molecule has 1 heterocycles. The highest BCUT2D eigenvalue weighted by atomic mass is 16.5. The predicted molar refractivity (Wildman–Crippen MR) is 61.0 cm³/mol. The van der Waals surface area contributed by atoms with Gasteiger partial charge in [-0.1, -0.05) is 0 Å². The standard InChI is InChI=1S/C11H20N4O/c1-16-7-3-2-6-15-11(13-9-14-15)8-12-10-4-5-10/h9-10,12H,2-8H2,1H3. The lowest BCUT2D eigenvalue weighted by Gasteiger charge is -2.06. The number of hydrogen-bond acceptors (Lipinski definition) is 4. The summed E-state index contributed by atoms with van der Waals surface area (Å²) in [4.78, 5) is 4.27. The van der Waals surface area contributed by atoms with Crippen molar-refractivity contribution < 1.29 is 4.74 Å². The lowest BCUT2D eigenvalue weighted by Crippen LogP contribution is -2.19. The van der Waals surface area contributed by atoms with Crippen LogP contribution in [0.2, 0.25) is 0 Å². The fourth-order valence-electron chi connectivity index (χ4n) is 1.64. The summed E-state index contributed by atoms with van der Waals surface area (Å²) in [6.45, 7) is 2.60. The van der Waals surface area contributed by atoms with Gasteiger partial charge in [0.1, 0.15) is 12.2 Å². The number of ether oxygens (including phenoxy) is 1.